The van der Waals surface area contributed by atoms with Gasteiger partial charge in [-0.15, -0.1) is 0 Å². The van der Waals surface area contributed by atoms with Gasteiger partial charge in [0.05, 0.1) is 30.9 Å². The van der Waals surface area contributed by atoms with Gasteiger partial charge in [0.1, 0.15) is 5.76 Å². The number of carbonyl (C=O) groups is 1. The predicted molar refractivity (Wildman–Crippen MR) is 70.7 cm³/mol. The van der Waals surface area contributed by atoms with E-state index in [4.69, 9.17) is 9.68 Å². The number of hydrogen-bond acceptors (Lipinski definition) is 4. The van der Waals surface area contributed by atoms with Crippen LogP contribution in [0.25, 0.3) is 0 Å². The Hall–Kier alpha value is -2.81. The van der Waals surface area contributed by atoms with Crippen LogP contribution in [-0.2, 0) is 6.54 Å². The van der Waals surface area contributed by atoms with Crippen LogP contribution in [0.4, 0.5) is 0 Å². The number of nitrogens with zero attached hydrogens (tertiary/aromatic N) is 2. The molecule has 0 atom stereocenters. The first-order chi connectivity index (χ1) is 9.70. The van der Waals surface area contributed by atoms with Crippen LogP contribution in [0.5, 0.6) is 0 Å². The zero-order valence-corrected chi connectivity index (χ0v) is 10.7. The number of nitrogens with one attached hydrogen (secondary N) is 1. The molecule has 0 unspecified atom stereocenters. The summed E-state index contributed by atoms with van der Waals surface area (Å²) in [5.74, 6) is 0.383. The average molecular weight is 271 g/mol. The minimum atomic E-state index is -0.267. The molecule has 2 heterocycles. The zero-order valence-electron chi connectivity index (χ0n) is 10.7. The maximum absolute atomic E-state index is 12.3. The van der Waals surface area contributed by atoms with Crippen molar-refractivity contribution in [1.82, 2.24) is 9.88 Å². The summed E-state index contributed by atoms with van der Waals surface area (Å²) in [6, 6.07) is 8.27. The molecule has 0 radical (unpaired) electrons. The fraction of sp³-hybridized carbons (Fsp3) is 0.214. The second kappa shape index (κ2) is 6.38. The van der Waals surface area contributed by atoms with E-state index in [-0.39, 0.29) is 24.4 Å². The molecule has 0 bridgehead atoms. The lowest BCUT2D eigenvalue weighted by atomic mass is 10.2. The predicted octanol–water partition coefficient (Wildman–Crippen LogP) is 1.52. The Bertz CT molecular complexity index is 647. The van der Waals surface area contributed by atoms with Gasteiger partial charge in [-0.3, -0.25) is 9.59 Å². The van der Waals surface area contributed by atoms with Crippen molar-refractivity contribution in [3.05, 3.63) is 58.4 Å². The van der Waals surface area contributed by atoms with Crippen molar-refractivity contribution in [3.8, 4) is 6.07 Å². The standard InChI is InChI=1S/C14H13N3O3/c15-6-2-7-17(10-12-3-1-8-20-12)14(19)11-4-5-13(18)16-9-11/h1,3-5,8-9H,2,7,10H2,(H,16,18). The normalized spacial score (nSPS) is 9.95. The smallest absolute Gasteiger partial charge is 0.255 e. The highest BCUT2D eigenvalue weighted by atomic mass is 16.3. The quantitative estimate of drug-likeness (QED) is 0.892. The zero-order chi connectivity index (χ0) is 14.4. The van der Waals surface area contributed by atoms with Gasteiger partial charge >= 0.3 is 0 Å². The van der Waals surface area contributed by atoms with Gasteiger partial charge in [0.2, 0.25) is 5.56 Å². The largest absolute Gasteiger partial charge is 0.467 e. The Morgan fingerprint density at radius 1 is 1.40 bits per heavy atom. The molecular formula is C14H13N3O3. The van der Waals surface area contributed by atoms with Gasteiger partial charge in [-0.25, -0.2) is 0 Å². The van der Waals surface area contributed by atoms with Gasteiger partial charge in [-0.1, -0.05) is 0 Å². The van der Waals surface area contributed by atoms with Crippen molar-refractivity contribution in [1.29, 1.82) is 5.26 Å². The molecule has 0 saturated carbocycles. The molecule has 0 saturated heterocycles. The topological polar surface area (TPSA) is 90.1 Å². The number of furan rings is 1. The third-order valence-electron chi connectivity index (χ3n) is 2.74. The van der Waals surface area contributed by atoms with E-state index in [1.165, 1.54) is 29.5 Å². The molecule has 1 amide bonds. The average Bonchev–Trinajstić information content (AvgIpc) is 2.96. The fourth-order valence-corrected chi connectivity index (χ4v) is 1.75. The molecule has 2 aromatic rings. The van der Waals surface area contributed by atoms with Crippen LogP contribution in [0.3, 0.4) is 0 Å². The van der Waals surface area contributed by atoms with Crippen molar-refractivity contribution >= 4 is 5.91 Å². The molecule has 0 aliphatic carbocycles. The number of hydrogen-bond donors (Lipinski definition) is 1. The molecule has 0 spiro atoms. The Balaban J connectivity index is 2.17. The summed E-state index contributed by atoms with van der Waals surface area (Å²) in [6.07, 6.45) is 3.13. The highest BCUT2D eigenvalue weighted by Gasteiger charge is 2.17. The van der Waals surface area contributed by atoms with E-state index in [0.29, 0.717) is 17.9 Å². The van der Waals surface area contributed by atoms with Crippen molar-refractivity contribution < 1.29 is 9.21 Å². The van der Waals surface area contributed by atoms with Crippen LogP contribution in [0.15, 0.2) is 45.9 Å². The molecule has 20 heavy (non-hydrogen) atoms. The van der Waals surface area contributed by atoms with Gasteiger partial charge in [0.25, 0.3) is 5.91 Å². The van der Waals surface area contributed by atoms with Crippen molar-refractivity contribution in [2.75, 3.05) is 6.54 Å². The van der Waals surface area contributed by atoms with E-state index < -0.39 is 0 Å². The van der Waals surface area contributed by atoms with Gasteiger partial charge < -0.3 is 14.3 Å². The third kappa shape index (κ3) is 3.36. The van der Waals surface area contributed by atoms with E-state index in [1.807, 2.05) is 6.07 Å². The Morgan fingerprint density at radius 3 is 2.85 bits per heavy atom. The summed E-state index contributed by atoms with van der Waals surface area (Å²) in [5, 5.41) is 8.67. The lowest BCUT2D eigenvalue weighted by Gasteiger charge is -2.20. The molecule has 0 aromatic carbocycles. The number of H-pyrrole nitrogens is 1. The first kappa shape index (κ1) is 13.6. The van der Waals surface area contributed by atoms with Crippen LogP contribution in [0.1, 0.15) is 22.5 Å². The minimum Gasteiger partial charge on any atom is -0.467 e. The van der Waals surface area contributed by atoms with Crippen LogP contribution in [-0.4, -0.2) is 22.3 Å². The maximum atomic E-state index is 12.3. The molecule has 0 fully saturated rings. The number of aromatic nitrogens is 1. The molecule has 2 rings (SSSR count). The molecule has 2 aromatic heterocycles. The number of aromatic amines is 1. The number of amides is 1. The Morgan fingerprint density at radius 2 is 2.25 bits per heavy atom. The van der Waals surface area contributed by atoms with Crippen LogP contribution < -0.4 is 5.56 Å². The molecule has 102 valence electrons. The SMILES string of the molecule is N#CCCN(Cc1ccco1)C(=O)c1ccc(=O)[nH]c1. The summed E-state index contributed by atoms with van der Waals surface area (Å²) in [6.45, 7) is 0.585. The van der Waals surface area contributed by atoms with Crippen LogP contribution >= 0.6 is 0 Å². The number of pyridine rings is 1. The minimum absolute atomic E-state index is 0.232. The summed E-state index contributed by atoms with van der Waals surface area (Å²) >= 11 is 0. The molecule has 6 heteroatoms. The van der Waals surface area contributed by atoms with Crippen LogP contribution in [0, 0.1) is 11.3 Å². The second-order valence-corrected chi connectivity index (χ2v) is 4.16. The first-order valence-electron chi connectivity index (χ1n) is 6.08. The van der Waals surface area contributed by atoms with Crippen molar-refractivity contribution in [2.24, 2.45) is 0 Å². The Labute approximate surface area is 115 Å². The van der Waals surface area contributed by atoms with Gasteiger partial charge in [0.15, 0.2) is 0 Å². The summed E-state index contributed by atoms with van der Waals surface area (Å²) in [7, 11) is 0. The van der Waals surface area contributed by atoms with E-state index >= 15 is 0 Å². The second-order valence-electron chi connectivity index (χ2n) is 4.16. The number of rotatable bonds is 5. The molecular weight excluding hydrogens is 258 g/mol. The van der Waals surface area contributed by atoms with Crippen molar-refractivity contribution in [3.63, 3.8) is 0 Å². The van der Waals surface area contributed by atoms with E-state index in [1.54, 1.807) is 12.1 Å². The highest BCUT2D eigenvalue weighted by molar-refractivity contribution is 5.93. The lowest BCUT2D eigenvalue weighted by Crippen LogP contribution is -2.31. The summed E-state index contributed by atoms with van der Waals surface area (Å²) < 4.78 is 5.21. The Kier molecular flexibility index (Phi) is 4.35. The molecule has 0 aliphatic rings. The van der Waals surface area contributed by atoms with E-state index in [9.17, 15) is 9.59 Å². The van der Waals surface area contributed by atoms with E-state index in [0.717, 1.165) is 0 Å². The van der Waals surface area contributed by atoms with Crippen molar-refractivity contribution in [2.45, 2.75) is 13.0 Å². The van der Waals surface area contributed by atoms with Crippen LogP contribution in [0.2, 0.25) is 0 Å². The molecule has 6 nitrogen and oxygen atoms in total. The van der Waals surface area contributed by atoms with Gasteiger partial charge in [-0.05, 0) is 18.2 Å². The fourth-order valence-electron chi connectivity index (χ4n) is 1.75. The number of nitriles is 1. The molecule has 1 N–H and O–H groups in total. The monoisotopic (exact) mass is 271 g/mol. The summed E-state index contributed by atoms with van der Waals surface area (Å²) in [5.41, 5.74) is 0.102. The third-order valence-corrected chi connectivity index (χ3v) is 2.74. The van der Waals surface area contributed by atoms with Gasteiger partial charge in [-0.2, -0.15) is 5.26 Å². The maximum Gasteiger partial charge on any atom is 0.255 e. The first-order valence-corrected chi connectivity index (χ1v) is 6.08. The summed E-state index contributed by atoms with van der Waals surface area (Å²) in [4.78, 5) is 27.3. The molecule has 0 aliphatic heterocycles. The lowest BCUT2D eigenvalue weighted by molar-refractivity contribution is 0.0735. The van der Waals surface area contributed by atoms with E-state index in [2.05, 4.69) is 4.98 Å². The highest BCUT2D eigenvalue weighted by Crippen LogP contribution is 2.10. The van der Waals surface area contributed by atoms with Gasteiger partial charge in [0, 0.05) is 18.8 Å². The number of carbonyl (C=O) groups excluding carboxylic acids is 1.